The van der Waals surface area contributed by atoms with Gasteiger partial charge in [0.2, 0.25) is 0 Å². The molecule has 1 fully saturated rings. The Morgan fingerprint density at radius 3 is 2.11 bits per heavy atom. The maximum atomic E-state index is 11.5. The summed E-state index contributed by atoms with van der Waals surface area (Å²) in [6.45, 7) is 12.2. The molecule has 1 aliphatic heterocycles. The Morgan fingerprint density at radius 1 is 1.33 bits per heavy atom. The molecule has 0 aromatic heterocycles. The smallest absolute Gasteiger partial charge is 0.410 e. The maximum absolute atomic E-state index is 11.5. The van der Waals surface area contributed by atoms with E-state index in [9.17, 15) is 9.59 Å². The normalized spacial score (nSPS) is 14.7. The number of methoxy groups -OCH3 is 1. The summed E-state index contributed by atoms with van der Waals surface area (Å²) in [4.78, 5) is 22.7. The molecule has 0 bridgehead atoms. The van der Waals surface area contributed by atoms with Gasteiger partial charge < -0.3 is 14.4 Å². The van der Waals surface area contributed by atoms with Crippen LogP contribution in [0.5, 0.6) is 0 Å². The molecule has 1 heterocycles. The summed E-state index contributed by atoms with van der Waals surface area (Å²) in [5.74, 6) is -0.245. The molecule has 5 nitrogen and oxygen atoms in total. The number of hydrogen-bond acceptors (Lipinski definition) is 4. The molecular formula is C13H23NO4. The minimum absolute atomic E-state index is 0.230. The quantitative estimate of drug-likeness (QED) is 0.494. The lowest BCUT2D eigenvalue weighted by atomic mass is 10.2. The van der Waals surface area contributed by atoms with Crippen molar-refractivity contribution >= 4 is 12.1 Å². The first-order chi connectivity index (χ1) is 8.15. The van der Waals surface area contributed by atoms with Gasteiger partial charge in [-0.15, -0.1) is 0 Å². The van der Waals surface area contributed by atoms with Crippen molar-refractivity contribution in [3.63, 3.8) is 0 Å². The number of rotatable bonds is 0. The van der Waals surface area contributed by atoms with E-state index in [-0.39, 0.29) is 12.1 Å². The first-order valence-electron chi connectivity index (χ1n) is 5.85. The van der Waals surface area contributed by atoms with Crippen molar-refractivity contribution in [2.24, 2.45) is 0 Å². The van der Waals surface area contributed by atoms with Crippen molar-refractivity contribution in [1.82, 2.24) is 4.90 Å². The van der Waals surface area contributed by atoms with Crippen LogP contribution in [0.15, 0.2) is 12.2 Å². The van der Waals surface area contributed by atoms with Gasteiger partial charge in [-0.2, -0.15) is 0 Å². The third-order valence-electron chi connectivity index (χ3n) is 2.09. The molecule has 5 heteroatoms. The van der Waals surface area contributed by atoms with Crippen molar-refractivity contribution in [1.29, 1.82) is 0 Å². The summed E-state index contributed by atoms with van der Waals surface area (Å²) in [5.41, 5.74) is 0.701. The van der Waals surface area contributed by atoms with Crippen LogP contribution in [0.3, 0.4) is 0 Å². The van der Waals surface area contributed by atoms with Crippen molar-refractivity contribution in [2.75, 3.05) is 20.2 Å². The number of hydrogen-bond donors (Lipinski definition) is 0. The summed E-state index contributed by atoms with van der Waals surface area (Å²) in [7, 11) is 1.35. The topological polar surface area (TPSA) is 55.8 Å². The Hall–Kier alpha value is -1.52. The van der Waals surface area contributed by atoms with Gasteiger partial charge in [-0.1, -0.05) is 12.2 Å². The van der Waals surface area contributed by atoms with Gasteiger partial charge in [0.05, 0.1) is 7.11 Å². The Bertz CT molecular complexity index is 317. The molecule has 0 unspecified atom stereocenters. The average molecular weight is 257 g/mol. The highest BCUT2D eigenvalue weighted by atomic mass is 16.6. The lowest BCUT2D eigenvalue weighted by Gasteiger charge is -2.23. The first kappa shape index (κ1) is 16.5. The Kier molecular flexibility index (Phi) is 6.44. The third kappa shape index (κ3) is 7.70. The second-order valence-corrected chi connectivity index (χ2v) is 5.10. The molecule has 0 N–H and O–H groups in total. The van der Waals surface area contributed by atoms with Crippen molar-refractivity contribution in [3.05, 3.63) is 12.2 Å². The van der Waals surface area contributed by atoms with Gasteiger partial charge >= 0.3 is 12.1 Å². The summed E-state index contributed by atoms with van der Waals surface area (Å²) >= 11 is 0. The number of carbonyl (C=O) groups excluding carboxylic acids is 2. The predicted octanol–water partition coefficient (Wildman–Crippen LogP) is 2.36. The van der Waals surface area contributed by atoms with Crippen LogP contribution in [0, 0.1) is 0 Å². The van der Waals surface area contributed by atoms with Gasteiger partial charge in [-0.25, -0.2) is 4.79 Å². The van der Waals surface area contributed by atoms with E-state index in [0.717, 1.165) is 18.5 Å². The number of nitrogens with zero attached hydrogens (tertiary/aromatic N) is 1. The number of likely N-dealkylation sites (tertiary alicyclic amines) is 1. The van der Waals surface area contributed by atoms with Gasteiger partial charge in [0.25, 0.3) is 0 Å². The molecule has 0 saturated carbocycles. The fourth-order valence-corrected chi connectivity index (χ4v) is 1.20. The highest BCUT2D eigenvalue weighted by Crippen LogP contribution is 2.16. The van der Waals surface area contributed by atoms with E-state index in [4.69, 9.17) is 4.74 Å². The van der Waals surface area contributed by atoms with E-state index >= 15 is 0 Å². The molecule has 1 amide bonds. The SMILES string of the molecule is C=C1CCN(C(=O)OC(C)(C)C)C1.COC(C)=O. The van der Waals surface area contributed by atoms with E-state index in [0.29, 0.717) is 6.54 Å². The largest absolute Gasteiger partial charge is 0.469 e. The molecule has 0 spiro atoms. The minimum atomic E-state index is -0.402. The van der Waals surface area contributed by atoms with Gasteiger partial charge in [0.1, 0.15) is 5.60 Å². The number of esters is 1. The lowest BCUT2D eigenvalue weighted by molar-refractivity contribution is -0.137. The van der Waals surface area contributed by atoms with E-state index < -0.39 is 5.60 Å². The van der Waals surface area contributed by atoms with Crippen LogP contribution in [-0.2, 0) is 14.3 Å². The fraction of sp³-hybridized carbons (Fsp3) is 0.692. The Balaban J connectivity index is 0.000000494. The zero-order valence-corrected chi connectivity index (χ0v) is 11.9. The zero-order chi connectivity index (χ0) is 14.3. The maximum Gasteiger partial charge on any atom is 0.410 e. The Labute approximate surface area is 109 Å². The van der Waals surface area contributed by atoms with E-state index in [1.54, 1.807) is 4.90 Å². The molecule has 0 aliphatic carbocycles. The van der Waals surface area contributed by atoms with Crippen LogP contribution in [0.25, 0.3) is 0 Å². The molecule has 0 atom stereocenters. The predicted molar refractivity (Wildman–Crippen MR) is 69.3 cm³/mol. The number of carbonyl (C=O) groups is 2. The van der Waals surface area contributed by atoms with Crippen LogP contribution in [-0.4, -0.2) is 42.8 Å². The van der Waals surface area contributed by atoms with Gasteiger partial charge in [0, 0.05) is 20.0 Å². The second-order valence-electron chi connectivity index (χ2n) is 5.10. The summed E-state index contributed by atoms with van der Waals surface area (Å²) in [6.07, 6.45) is 0.672. The monoisotopic (exact) mass is 257 g/mol. The molecule has 0 aromatic rings. The molecule has 104 valence electrons. The second kappa shape index (κ2) is 7.03. The van der Waals surface area contributed by atoms with Crippen LogP contribution >= 0.6 is 0 Å². The van der Waals surface area contributed by atoms with Gasteiger partial charge in [0.15, 0.2) is 0 Å². The van der Waals surface area contributed by atoms with Crippen LogP contribution in [0.1, 0.15) is 34.1 Å². The lowest BCUT2D eigenvalue weighted by Crippen LogP contribution is -2.34. The number of ether oxygens (including phenoxy) is 2. The molecule has 1 aliphatic rings. The molecule has 0 radical (unpaired) electrons. The standard InChI is InChI=1S/C10H17NO2.C3H6O2/c1-8-5-6-11(7-8)9(12)13-10(2,3)4;1-3(4)5-2/h1,5-7H2,2-4H3;1-2H3. The van der Waals surface area contributed by atoms with Gasteiger partial charge in [-0.05, 0) is 27.2 Å². The van der Waals surface area contributed by atoms with E-state index in [2.05, 4.69) is 11.3 Å². The highest BCUT2D eigenvalue weighted by molar-refractivity contribution is 5.69. The van der Waals surface area contributed by atoms with Gasteiger partial charge in [-0.3, -0.25) is 4.79 Å². The number of amides is 1. The summed E-state index contributed by atoms with van der Waals surface area (Å²) in [5, 5.41) is 0. The van der Waals surface area contributed by atoms with Crippen molar-refractivity contribution < 1.29 is 19.1 Å². The van der Waals surface area contributed by atoms with Crippen molar-refractivity contribution in [3.8, 4) is 0 Å². The molecule has 1 saturated heterocycles. The third-order valence-corrected chi connectivity index (χ3v) is 2.09. The van der Waals surface area contributed by atoms with Crippen molar-refractivity contribution in [2.45, 2.75) is 39.7 Å². The molecule has 18 heavy (non-hydrogen) atoms. The van der Waals surface area contributed by atoms with Crippen LogP contribution in [0.2, 0.25) is 0 Å². The van der Waals surface area contributed by atoms with E-state index in [1.165, 1.54) is 14.0 Å². The first-order valence-corrected chi connectivity index (χ1v) is 5.85. The minimum Gasteiger partial charge on any atom is -0.469 e. The zero-order valence-electron chi connectivity index (χ0n) is 11.9. The Morgan fingerprint density at radius 2 is 1.83 bits per heavy atom. The summed E-state index contributed by atoms with van der Waals surface area (Å²) < 4.78 is 9.33. The summed E-state index contributed by atoms with van der Waals surface area (Å²) in [6, 6.07) is 0. The molecule has 1 rings (SSSR count). The van der Waals surface area contributed by atoms with Crippen LogP contribution in [0.4, 0.5) is 4.79 Å². The molecule has 0 aromatic carbocycles. The average Bonchev–Trinajstić information content (AvgIpc) is 2.63. The fourth-order valence-electron chi connectivity index (χ4n) is 1.20. The van der Waals surface area contributed by atoms with E-state index in [1.807, 2.05) is 20.8 Å². The molecular weight excluding hydrogens is 234 g/mol. The van der Waals surface area contributed by atoms with Crippen LogP contribution < -0.4 is 0 Å². The highest BCUT2D eigenvalue weighted by Gasteiger charge is 2.25.